The van der Waals surface area contributed by atoms with Crippen molar-refractivity contribution in [1.29, 1.82) is 0 Å². The molecule has 6 fully saturated rings. The van der Waals surface area contributed by atoms with E-state index in [1.54, 1.807) is 14.2 Å². The molecule has 300 valence electrons. The summed E-state index contributed by atoms with van der Waals surface area (Å²) in [6, 6.07) is 25.1. The number of aromatic nitrogens is 4. The third-order valence-electron chi connectivity index (χ3n) is 14.3. The Balaban J connectivity index is 1.06. The van der Waals surface area contributed by atoms with Crippen molar-refractivity contribution in [2.75, 3.05) is 40.4 Å². The molecule has 9 heterocycles. The van der Waals surface area contributed by atoms with Gasteiger partial charge in [0.05, 0.1) is 48.1 Å². The normalized spacial score (nSPS) is 27.4. The summed E-state index contributed by atoms with van der Waals surface area (Å²) in [6.07, 6.45) is 10.2. The molecule has 0 N–H and O–H groups in total. The van der Waals surface area contributed by atoms with Crippen LogP contribution in [0.4, 0.5) is 0 Å². The smallest absolute Gasteiger partial charge is 0.242 e. The molecule has 2 unspecified atom stereocenters. The molecule has 3 aromatic heterocycles. The molecule has 6 aliphatic rings. The van der Waals surface area contributed by atoms with Gasteiger partial charge in [0.25, 0.3) is 0 Å². The van der Waals surface area contributed by atoms with Crippen LogP contribution in [0.25, 0.3) is 32.6 Å². The Hall–Kier alpha value is -5.06. The number of hydrogen-bond acceptors (Lipinski definition) is 10. The second kappa shape index (κ2) is 15.6. The molecule has 0 saturated carbocycles. The molecule has 4 bridgehead atoms. The molecule has 3 aromatic carbocycles. The maximum atomic E-state index is 7.30. The number of rotatable bonds is 12. The standard InChI is InChI=1S/C48H54N6O4/c1-5-29-27-53-21-17-31(29)23-43(53)45(35-15-19-49-41-13-11-33(55-3)25-39(35)41)57-47-37-9-7-8-10-38(37)48(52-51-47)58-46(44-24-32-18-22-54(44)28-30(32)6-2)36-16-20-50-42-14-12-34(56-4)26-40(36)42/h7-16,19-20,25-26,29-32,43-46H,5-6,17-18,21-24,27-28H2,1-4H3/t29-,30+,31-,32-,43+,44-,45+,46+/m0/s1. The molecule has 6 aliphatic heterocycles. The lowest BCUT2D eigenvalue weighted by Gasteiger charge is -2.52. The van der Waals surface area contributed by atoms with Crippen molar-refractivity contribution in [2.45, 2.75) is 76.7 Å². The van der Waals surface area contributed by atoms with Crippen LogP contribution in [-0.4, -0.2) is 82.4 Å². The minimum absolute atomic E-state index is 0.180. The van der Waals surface area contributed by atoms with E-state index in [9.17, 15) is 0 Å². The molecule has 10 heteroatoms. The first-order chi connectivity index (χ1) is 28.5. The summed E-state index contributed by atoms with van der Waals surface area (Å²) in [7, 11) is 3.42. The van der Waals surface area contributed by atoms with Gasteiger partial charge in [-0.25, -0.2) is 0 Å². The SMILES string of the molecule is CC[C@@H]1CN2CC[C@H]1C[C@H]2[C@H](Oc1nnc(O[C@H](c2ccnc3ccc(OC)cc23)[C@H]2C[C@@H]3CCN2C[C@@H]3CC)c2ccccc12)c1ccnc2ccc(OC)cc12. The fourth-order valence-electron chi connectivity index (χ4n) is 11.1. The Bertz CT molecular complexity index is 2280. The van der Waals surface area contributed by atoms with E-state index in [0.29, 0.717) is 35.4 Å². The van der Waals surface area contributed by atoms with Gasteiger partial charge in [0.2, 0.25) is 11.8 Å². The van der Waals surface area contributed by atoms with Gasteiger partial charge in [0.1, 0.15) is 23.7 Å². The molecule has 58 heavy (non-hydrogen) atoms. The van der Waals surface area contributed by atoms with Gasteiger partial charge in [-0.2, -0.15) is 0 Å². The molecule has 0 amide bonds. The van der Waals surface area contributed by atoms with E-state index in [1.165, 1.54) is 25.7 Å². The lowest BCUT2D eigenvalue weighted by Crippen LogP contribution is -2.56. The van der Waals surface area contributed by atoms with Gasteiger partial charge < -0.3 is 18.9 Å². The summed E-state index contributed by atoms with van der Waals surface area (Å²) >= 11 is 0. The average molecular weight is 779 g/mol. The van der Waals surface area contributed by atoms with Gasteiger partial charge in [0.15, 0.2) is 0 Å². The van der Waals surface area contributed by atoms with Crippen molar-refractivity contribution in [3.05, 3.63) is 96.3 Å². The highest BCUT2D eigenvalue weighted by Crippen LogP contribution is 2.47. The van der Waals surface area contributed by atoms with Crippen LogP contribution in [0.2, 0.25) is 0 Å². The molecule has 6 aromatic rings. The third kappa shape index (κ3) is 6.58. The van der Waals surface area contributed by atoms with E-state index in [2.05, 4.69) is 72.2 Å². The molecular formula is C48H54N6O4. The summed E-state index contributed by atoms with van der Waals surface area (Å²) in [4.78, 5) is 14.8. The number of methoxy groups -OCH3 is 2. The minimum Gasteiger partial charge on any atom is -0.497 e. The van der Waals surface area contributed by atoms with Crippen LogP contribution in [-0.2, 0) is 0 Å². The van der Waals surface area contributed by atoms with Gasteiger partial charge in [-0.1, -0.05) is 38.8 Å². The van der Waals surface area contributed by atoms with E-state index >= 15 is 0 Å². The highest BCUT2D eigenvalue weighted by Gasteiger charge is 2.46. The Morgan fingerprint density at radius 3 is 1.47 bits per heavy atom. The fraction of sp³-hybridized carbons (Fsp3) is 0.458. The second-order valence-corrected chi connectivity index (χ2v) is 17.0. The number of fused-ring (bicyclic) bond motifs is 9. The first-order valence-electron chi connectivity index (χ1n) is 21.5. The van der Waals surface area contributed by atoms with Gasteiger partial charge in [-0.05, 0) is 123 Å². The van der Waals surface area contributed by atoms with Crippen LogP contribution in [0.1, 0.15) is 75.7 Å². The van der Waals surface area contributed by atoms with E-state index in [4.69, 9.17) is 39.1 Å². The van der Waals surface area contributed by atoms with Crippen molar-refractivity contribution in [1.82, 2.24) is 30.0 Å². The number of piperidine rings is 6. The summed E-state index contributed by atoms with van der Waals surface area (Å²) in [6.45, 7) is 9.00. The fourth-order valence-corrected chi connectivity index (χ4v) is 11.1. The summed E-state index contributed by atoms with van der Waals surface area (Å²) in [5.41, 5.74) is 4.01. The van der Waals surface area contributed by atoms with E-state index in [-0.39, 0.29) is 24.3 Å². The lowest BCUT2D eigenvalue weighted by molar-refractivity contribution is -0.0505. The predicted molar refractivity (Wildman–Crippen MR) is 227 cm³/mol. The first-order valence-corrected chi connectivity index (χ1v) is 21.5. The minimum atomic E-state index is -0.300. The quantitative estimate of drug-likeness (QED) is 0.120. The highest BCUT2D eigenvalue weighted by atomic mass is 16.5. The van der Waals surface area contributed by atoms with Crippen LogP contribution < -0.4 is 18.9 Å². The zero-order valence-corrected chi connectivity index (χ0v) is 34.1. The molecule has 0 spiro atoms. The Labute approximate surface area is 340 Å². The molecule has 10 nitrogen and oxygen atoms in total. The van der Waals surface area contributed by atoms with E-state index in [1.807, 2.05) is 36.7 Å². The van der Waals surface area contributed by atoms with Gasteiger partial charge in [-0.15, -0.1) is 10.2 Å². The summed E-state index contributed by atoms with van der Waals surface area (Å²) in [5.74, 6) is 5.39. The zero-order valence-electron chi connectivity index (χ0n) is 34.1. The molecule has 0 radical (unpaired) electrons. The Kier molecular flexibility index (Phi) is 10.0. The van der Waals surface area contributed by atoms with Crippen LogP contribution in [0.15, 0.2) is 85.2 Å². The monoisotopic (exact) mass is 778 g/mol. The van der Waals surface area contributed by atoms with Crippen LogP contribution in [0.5, 0.6) is 23.3 Å². The molecule has 10 atom stereocenters. The largest absolute Gasteiger partial charge is 0.497 e. The predicted octanol–water partition coefficient (Wildman–Crippen LogP) is 9.22. The van der Waals surface area contributed by atoms with Crippen molar-refractivity contribution < 1.29 is 18.9 Å². The van der Waals surface area contributed by atoms with Crippen LogP contribution in [0, 0.1) is 23.7 Å². The van der Waals surface area contributed by atoms with Crippen molar-refractivity contribution in [3.63, 3.8) is 0 Å². The summed E-state index contributed by atoms with van der Waals surface area (Å²) < 4.78 is 26.0. The van der Waals surface area contributed by atoms with Crippen molar-refractivity contribution >= 4 is 32.6 Å². The molecule has 12 rings (SSSR count). The maximum absolute atomic E-state index is 7.30. The zero-order chi connectivity index (χ0) is 39.3. The van der Waals surface area contributed by atoms with Crippen molar-refractivity contribution in [3.8, 4) is 23.3 Å². The lowest BCUT2D eigenvalue weighted by atomic mass is 9.72. The summed E-state index contributed by atoms with van der Waals surface area (Å²) in [5, 5.41) is 13.7. The van der Waals surface area contributed by atoms with E-state index < -0.39 is 0 Å². The molecular weight excluding hydrogens is 725 g/mol. The maximum Gasteiger partial charge on any atom is 0.242 e. The molecule has 6 saturated heterocycles. The second-order valence-electron chi connectivity index (χ2n) is 17.0. The number of nitrogens with zero attached hydrogens (tertiary/aromatic N) is 6. The Morgan fingerprint density at radius 1 is 0.603 bits per heavy atom. The van der Waals surface area contributed by atoms with Gasteiger partial charge in [0, 0.05) is 47.4 Å². The Morgan fingerprint density at radius 2 is 1.07 bits per heavy atom. The van der Waals surface area contributed by atoms with E-state index in [0.717, 1.165) is 94.2 Å². The van der Waals surface area contributed by atoms with Gasteiger partial charge >= 0.3 is 0 Å². The number of benzene rings is 3. The van der Waals surface area contributed by atoms with Gasteiger partial charge in [-0.3, -0.25) is 19.8 Å². The highest BCUT2D eigenvalue weighted by molar-refractivity contribution is 5.91. The third-order valence-corrected chi connectivity index (χ3v) is 14.3. The molecule has 0 aliphatic carbocycles. The first kappa shape index (κ1) is 37.2. The number of hydrogen-bond donors (Lipinski definition) is 0. The van der Waals surface area contributed by atoms with Crippen LogP contribution >= 0.6 is 0 Å². The van der Waals surface area contributed by atoms with Crippen LogP contribution in [0.3, 0.4) is 0 Å². The number of ether oxygens (including phenoxy) is 4. The average Bonchev–Trinajstić information content (AvgIpc) is 3.29. The number of pyridine rings is 2. The topological polar surface area (TPSA) is 95.0 Å². The van der Waals surface area contributed by atoms with Crippen molar-refractivity contribution in [2.24, 2.45) is 23.7 Å².